The van der Waals surface area contributed by atoms with Crippen molar-refractivity contribution in [2.24, 2.45) is 0 Å². The monoisotopic (exact) mass is 297 g/mol. The predicted molar refractivity (Wildman–Crippen MR) is 91.8 cm³/mol. The summed E-state index contributed by atoms with van der Waals surface area (Å²) in [6.45, 7) is 5.36. The molecule has 1 fully saturated rings. The molecule has 1 aliphatic rings. The molecule has 2 aromatic rings. The van der Waals surface area contributed by atoms with Gasteiger partial charge in [0.25, 0.3) is 0 Å². The second-order valence-electron chi connectivity index (χ2n) is 6.02. The maximum atomic E-state index is 3.56. The summed E-state index contributed by atoms with van der Waals surface area (Å²) < 4.78 is 0. The van der Waals surface area contributed by atoms with Gasteiger partial charge in [0.2, 0.25) is 0 Å². The smallest absolute Gasteiger partial charge is 0.0234 e. The van der Waals surface area contributed by atoms with Crippen LogP contribution in [0.1, 0.15) is 35.1 Å². The molecule has 0 radical (unpaired) electrons. The fourth-order valence-electron chi connectivity index (χ4n) is 2.37. The molecule has 0 unspecified atom stereocenters. The lowest BCUT2D eigenvalue weighted by Crippen LogP contribution is -2.14. The molecule has 0 heterocycles. The van der Waals surface area contributed by atoms with Crippen LogP contribution in [-0.4, -0.2) is 6.04 Å². The average molecular weight is 297 g/mol. The normalized spacial score (nSPS) is 14.4. The van der Waals surface area contributed by atoms with Crippen LogP contribution in [0.2, 0.25) is 0 Å². The Labute approximate surface area is 132 Å². The van der Waals surface area contributed by atoms with E-state index in [1.165, 1.54) is 40.0 Å². The topological polar surface area (TPSA) is 12.0 Å². The summed E-state index contributed by atoms with van der Waals surface area (Å²) in [5.41, 5.74) is 5.56. The lowest BCUT2D eigenvalue weighted by atomic mass is 10.1. The van der Waals surface area contributed by atoms with Crippen molar-refractivity contribution in [1.82, 2.24) is 5.32 Å². The van der Waals surface area contributed by atoms with Gasteiger partial charge in [0.15, 0.2) is 0 Å². The van der Waals surface area contributed by atoms with Crippen LogP contribution in [0.15, 0.2) is 47.4 Å². The maximum absolute atomic E-state index is 3.56. The van der Waals surface area contributed by atoms with E-state index in [4.69, 9.17) is 0 Å². The van der Waals surface area contributed by atoms with Crippen molar-refractivity contribution in [3.63, 3.8) is 0 Å². The Morgan fingerprint density at radius 3 is 2.52 bits per heavy atom. The third-order valence-electron chi connectivity index (χ3n) is 3.99. The van der Waals surface area contributed by atoms with Gasteiger partial charge in [-0.2, -0.15) is 0 Å². The van der Waals surface area contributed by atoms with Crippen LogP contribution in [0.3, 0.4) is 0 Å². The van der Waals surface area contributed by atoms with Gasteiger partial charge in [-0.3, -0.25) is 0 Å². The van der Waals surface area contributed by atoms with Crippen LogP contribution in [0, 0.1) is 13.8 Å². The minimum atomic E-state index is 0.781. The number of nitrogens with one attached hydrogen (secondary N) is 1. The number of aryl methyl sites for hydroxylation is 2. The van der Waals surface area contributed by atoms with E-state index in [-0.39, 0.29) is 0 Å². The first-order valence-electron chi connectivity index (χ1n) is 7.72. The van der Waals surface area contributed by atoms with E-state index in [0.717, 1.165) is 18.3 Å². The highest BCUT2D eigenvalue weighted by Crippen LogP contribution is 2.25. The lowest BCUT2D eigenvalue weighted by Gasteiger charge is -2.08. The maximum Gasteiger partial charge on any atom is 0.0234 e. The molecule has 0 amide bonds. The van der Waals surface area contributed by atoms with E-state index < -0.39 is 0 Å². The van der Waals surface area contributed by atoms with Crippen LogP contribution in [0.25, 0.3) is 0 Å². The van der Waals surface area contributed by atoms with Crippen molar-refractivity contribution in [1.29, 1.82) is 0 Å². The van der Waals surface area contributed by atoms with Crippen LogP contribution >= 0.6 is 11.8 Å². The average Bonchev–Trinajstić information content (AvgIpc) is 3.31. The second-order valence-corrected chi connectivity index (χ2v) is 7.07. The first-order chi connectivity index (χ1) is 10.2. The summed E-state index contributed by atoms with van der Waals surface area (Å²) in [4.78, 5) is 1.35. The Bertz CT molecular complexity index is 599. The molecule has 0 spiro atoms. The molecule has 3 rings (SSSR count). The zero-order valence-electron chi connectivity index (χ0n) is 12.9. The van der Waals surface area contributed by atoms with E-state index in [1.54, 1.807) is 0 Å². The highest BCUT2D eigenvalue weighted by molar-refractivity contribution is 7.98. The minimum absolute atomic E-state index is 0.781. The molecular formula is C19H23NS. The molecular weight excluding hydrogens is 274 g/mol. The number of hydrogen-bond donors (Lipinski definition) is 1. The fourth-order valence-corrected chi connectivity index (χ4v) is 3.33. The Hall–Kier alpha value is -1.25. The Balaban J connectivity index is 1.55. The summed E-state index contributed by atoms with van der Waals surface area (Å²) >= 11 is 1.92. The van der Waals surface area contributed by atoms with Gasteiger partial charge in [-0.25, -0.2) is 0 Å². The van der Waals surface area contributed by atoms with E-state index in [9.17, 15) is 0 Å². The predicted octanol–water partition coefficient (Wildman–Crippen LogP) is 4.85. The Morgan fingerprint density at radius 2 is 1.81 bits per heavy atom. The summed E-state index contributed by atoms with van der Waals surface area (Å²) in [5, 5.41) is 3.56. The van der Waals surface area contributed by atoms with Crippen molar-refractivity contribution in [3.05, 3.63) is 64.7 Å². The van der Waals surface area contributed by atoms with Gasteiger partial charge in [0.1, 0.15) is 0 Å². The number of hydrogen-bond acceptors (Lipinski definition) is 2. The lowest BCUT2D eigenvalue weighted by molar-refractivity contribution is 0.687. The molecule has 1 N–H and O–H groups in total. The number of rotatable bonds is 6. The van der Waals surface area contributed by atoms with E-state index in [2.05, 4.69) is 61.6 Å². The van der Waals surface area contributed by atoms with E-state index in [1.807, 2.05) is 11.8 Å². The van der Waals surface area contributed by atoms with Crippen molar-refractivity contribution in [2.45, 2.75) is 49.9 Å². The standard InChI is InChI=1S/C19H23NS/c1-14-3-4-15(2)17(11-14)13-21-19-9-5-16(6-10-19)12-20-18-7-8-18/h3-6,9-11,18,20H,7-8,12-13H2,1-2H3. The molecule has 1 nitrogen and oxygen atoms in total. The molecule has 0 aliphatic heterocycles. The molecule has 0 saturated heterocycles. The minimum Gasteiger partial charge on any atom is -0.310 e. The van der Waals surface area contributed by atoms with E-state index in [0.29, 0.717) is 0 Å². The van der Waals surface area contributed by atoms with Crippen molar-refractivity contribution >= 4 is 11.8 Å². The third kappa shape index (κ3) is 4.36. The zero-order chi connectivity index (χ0) is 14.7. The molecule has 1 aliphatic carbocycles. The first kappa shape index (κ1) is 14.7. The van der Waals surface area contributed by atoms with Gasteiger partial charge in [-0.15, -0.1) is 11.8 Å². The largest absolute Gasteiger partial charge is 0.310 e. The van der Waals surface area contributed by atoms with Gasteiger partial charge in [-0.1, -0.05) is 35.9 Å². The van der Waals surface area contributed by atoms with Crippen LogP contribution in [0.4, 0.5) is 0 Å². The van der Waals surface area contributed by atoms with Crippen LogP contribution in [0.5, 0.6) is 0 Å². The summed E-state index contributed by atoms with van der Waals surface area (Å²) in [6.07, 6.45) is 2.70. The van der Waals surface area contributed by atoms with Crippen molar-refractivity contribution < 1.29 is 0 Å². The Morgan fingerprint density at radius 1 is 1.05 bits per heavy atom. The molecule has 2 heteroatoms. The molecule has 1 saturated carbocycles. The summed E-state index contributed by atoms with van der Waals surface area (Å²) in [7, 11) is 0. The second kappa shape index (κ2) is 6.67. The fraction of sp³-hybridized carbons (Fsp3) is 0.368. The van der Waals surface area contributed by atoms with Crippen molar-refractivity contribution in [3.8, 4) is 0 Å². The molecule has 0 atom stereocenters. The Kier molecular flexibility index (Phi) is 4.67. The van der Waals surface area contributed by atoms with E-state index >= 15 is 0 Å². The number of thioether (sulfide) groups is 1. The third-order valence-corrected chi connectivity index (χ3v) is 5.06. The van der Waals surface area contributed by atoms with Gasteiger partial charge in [0.05, 0.1) is 0 Å². The summed E-state index contributed by atoms with van der Waals surface area (Å²) in [5.74, 6) is 1.05. The van der Waals surface area contributed by atoms with Crippen molar-refractivity contribution in [2.75, 3.05) is 0 Å². The molecule has 2 aromatic carbocycles. The van der Waals surface area contributed by atoms with Crippen LogP contribution in [-0.2, 0) is 12.3 Å². The van der Waals surface area contributed by atoms with Gasteiger partial charge in [0, 0.05) is 23.2 Å². The van der Waals surface area contributed by atoms with Gasteiger partial charge >= 0.3 is 0 Å². The molecule has 110 valence electrons. The quantitative estimate of drug-likeness (QED) is 0.765. The molecule has 21 heavy (non-hydrogen) atoms. The zero-order valence-corrected chi connectivity index (χ0v) is 13.7. The SMILES string of the molecule is Cc1ccc(C)c(CSc2ccc(CNC3CC3)cc2)c1. The summed E-state index contributed by atoms with van der Waals surface area (Å²) in [6, 6.07) is 16.5. The van der Waals surface area contributed by atoms with Crippen LogP contribution < -0.4 is 5.32 Å². The number of benzene rings is 2. The highest BCUT2D eigenvalue weighted by Gasteiger charge is 2.19. The van der Waals surface area contributed by atoms with Gasteiger partial charge in [-0.05, 0) is 55.5 Å². The highest BCUT2D eigenvalue weighted by atomic mass is 32.2. The molecule has 0 aromatic heterocycles. The first-order valence-corrected chi connectivity index (χ1v) is 8.70. The van der Waals surface area contributed by atoms with Gasteiger partial charge < -0.3 is 5.32 Å². The molecule has 0 bridgehead atoms.